The summed E-state index contributed by atoms with van der Waals surface area (Å²) < 4.78 is 10.6. The van der Waals surface area contributed by atoms with Crippen molar-refractivity contribution in [2.75, 3.05) is 0 Å². The Morgan fingerprint density at radius 2 is 1.95 bits per heavy atom. The maximum atomic E-state index is 11.6. The van der Waals surface area contributed by atoms with Crippen molar-refractivity contribution in [3.05, 3.63) is 40.6 Å². The van der Waals surface area contributed by atoms with E-state index >= 15 is 0 Å². The number of rotatable bonds is 4. The molecule has 0 bridgehead atoms. The third kappa shape index (κ3) is 4.73. The van der Waals surface area contributed by atoms with Crippen LogP contribution >= 0.6 is 23.2 Å². The maximum Gasteiger partial charge on any atom is 0.334 e. The van der Waals surface area contributed by atoms with E-state index in [1.807, 2.05) is 0 Å². The van der Waals surface area contributed by atoms with Gasteiger partial charge in [0.2, 0.25) is 0 Å². The highest BCUT2D eigenvalue weighted by Crippen LogP contribution is 2.27. The molecule has 0 aromatic heterocycles. The highest BCUT2D eigenvalue weighted by Gasteiger charge is 2.16. The highest BCUT2D eigenvalue weighted by atomic mass is 35.5. The zero-order valence-corrected chi connectivity index (χ0v) is 12.5. The molecule has 0 spiro atoms. The molecule has 1 aromatic rings. The number of carbonyl (C=O) groups excluding carboxylic acids is 1. The van der Waals surface area contributed by atoms with Gasteiger partial charge in [0.15, 0.2) is 0 Å². The fourth-order valence-corrected chi connectivity index (χ4v) is 2.57. The van der Waals surface area contributed by atoms with Crippen molar-refractivity contribution < 1.29 is 14.3 Å². The van der Waals surface area contributed by atoms with Crippen LogP contribution < -0.4 is 4.74 Å². The lowest BCUT2D eigenvalue weighted by Crippen LogP contribution is -2.19. The molecule has 3 nitrogen and oxygen atoms in total. The number of carbonyl (C=O) groups is 1. The van der Waals surface area contributed by atoms with Gasteiger partial charge < -0.3 is 9.47 Å². The van der Waals surface area contributed by atoms with Gasteiger partial charge in [0.1, 0.15) is 11.9 Å². The maximum absolute atomic E-state index is 11.6. The predicted molar refractivity (Wildman–Crippen MR) is 79.2 cm³/mol. The Morgan fingerprint density at radius 3 is 2.65 bits per heavy atom. The molecule has 2 rings (SSSR count). The molecule has 1 aromatic carbocycles. The second kappa shape index (κ2) is 7.55. The van der Waals surface area contributed by atoms with E-state index in [1.54, 1.807) is 18.2 Å². The number of esters is 1. The van der Waals surface area contributed by atoms with Crippen LogP contribution in [0, 0.1) is 0 Å². The van der Waals surface area contributed by atoms with Gasteiger partial charge in [-0.15, -0.1) is 0 Å². The Morgan fingerprint density at radius 1 is 1.20 bits per heavy atom. The van der Waals surface area contributed by atoms with Crippen LogP contribution in [0.4, 0.5) is 0 Å². The van der Waals surface area contributed by atoms with Gasteiger partial charge in [-0.2, -0.15) is 0 Å². The predicted octanol–water partition coefficient (Wildman–Crippen LogP) is 4.76. The molecule has 1 aliphatic rings. The van der Waals surface area contributed by atoms with Gasteiger partial charge in [-0.1, -0.05) is 29.6 Å². The molecule has 1 fully saturated rings. The molecule has 0 aliphatic heterocycles. The number of hydrogen-bond donors (Lipinski definition) is 0. The van der Waals surface area contributed by atoms with Crippen LogP contribution in [0.3, 0.4) is 0 Å². The summed E-state index contributed by atoms with van der Waals surface area (Å²) in [6.07, 6.45) is 7.95. The molecule has 0 N–H and O–H groups in total. The lowest BCUT2D eigenvalue weighted by molar-refractivity contribution is -0.144. The Hall–Kier alpha value is -1.19. The summed E-state index contributed by atoms with van der Waals surface area (Å²) in [5.41, 5.74) is 0. The molecule has 1 saturated carbocycles. The monoisotopic (exact) mass is 314 g/mol. The Labute approximate surface area is 128 Å². The number of hydrogen-bond acceptors (Lipinski definition) is 3. The summed E-state index contributed by atoms with van der Waals surface area (Å²) in [6, 6.07) is 4.88. The van der Waals surface area contributed by atoms with Crippen LogP contribution in [0.1, 0.15) is 32.1 Å². The van der Waals surface area contributed by atoms with Crippen molar-refractivity contribution in [1.29, 1.82) is 0 Å². The first-order valence-corrected chi connectivity index (χ1v) is 7.39. The zero-order valence-electron chi connectivity index (χ0n) is 11.0. The van der Waals surface area contributed by atoms with E-state index in [1.165, 1.54) is 18.8 Å². The molecule has 0 unspecified atom stereocenters. The molecule has 0 amide bonds. The summed E-state index contributed by atoms with van der Waals surface area (Å²) in [4.78, 5) is 11.6. The molecule has 20 heavy (non-hydrogen) atoms. The summed E-state index contributed by atoms with van der Waals surface area (Å²) in [5.74, 6) is 0.0553. The van der Waals surface area contributed by atoms with Crippen molar-refractivity contribution >= 4 is 29.2 Å². The normalized spacial score (nSPS) is 16.3. The molecule has 0 radical (unpaired) electrons. The van der Waals surface area contributed by atoms with E-state index in [0.29, 0.717) is 15.8 Å². The minimum atomic E-state index is -0.387. The average Bonchev–Trinajstić information content (AvgIpc) is 2.42. The standard InChI is InChI=1S/C15H16Cl2O3/c16-11-6-7-14(13(17)10-11)19-9-8-15(18)20-12-4-2-1-3-5-12/h6-10,12H,1-5H2/b9-8+. The van der Waals surface area contributed by atoms with Crippen molar-refractivity contribution in [1.82, 2.24) is 0 Å². The first-order chi connectivity index (χ1) is 9.65. The van der Waals surface area contributed by atoms with Gasteiger partial charge in [0, 0.05) is 5.02 Å². The van der Waals surface area contributed by atoms with Crippen LogP contribution in [0.2, 0.25) is 10.0 Å². The van der Waals surface area contributed by atoms with Gasteiger partial charge in [0.25, 0.3) is 0 Å². The van der Waals surface area contributed by atoms with Gasteiger partial charge in [-0.05, 0) is 43.9 Å². The Balaban J connectivity index is 1.81. The Bertz CT molecular complexity index is 494. The van der Waals surface area contributed by atoms with Crippen LogP contribution in [-0.4, -0.2) is 12.1 Å². The van der Waals surface area contributed by atoms with Gasteiger partial charge in [-0.3, -0.25) is 0 Å². The van der Waals surface area contributed by atoms with E-state index in [0.717, 1.165) is 25.7 Å². The fourth-order valence-electron chi connectivity index (χ4n) is 2.12. The molecule has 5 heteroatoms. The van der Waals surface area contributed by atoms with E-state index in [-0.39, 0.29) is 12.1 Å². The lowest BCUT2D eigenvalue weighted by Gasteiger charge is -2.20. The first kappa shape index (κ1) is 15.2. The third-order valence-electron chi connectivity index (χ3n) is 3.13. The van der Waals surface area contributed by atoms with Crippen molar-refractivity contribution in [3.63, 3.8) is 0 Å². The molecular weight excluding hydrogens is 299 g/mol. The number of benzene rings is 1. The minimum Gasteiger partial charge on any atom is -0.463 e. The SMILES string of the molecule is O=C(/C=C/Oc1ccc(Cl)cc1Cl)OC1CCCCC1. The van der Waals surface area contributed by atoms with Crippen LogP contribution in [0.25, 0.3) is 0 Å². The summed E-state index contributed by atoms with van der Waals surface area (Å²) >= 11 is 11.7. The van der Waals surface area contributed by atoms with Crippen LogP contribution in [-0.2, 0) is 9.53 Å². The number of ether oxygens (including phenoxy) is 2. The molecule has 1 aliphatic carbocycles. The van der Waals surface area contributed by atoms with Crippen LogP contribution in [0.15, 0.2) is 30.5 Å². The van der Waals surface area contributed by atoms with Crippen molar-refractivity contribution in [2.24, 2.45) is 0 Å². The van der Waals surface area contributed by atoms with Crippen molar-refractivity contribution in [3.8, 4) is 5.75 Å². The van der Waals surface area contributed by atoms with Gasteiger partial charge in [0.05, 0.1) is 17.4 Å². The second-order valence-electron chi connectivity index (χ2n) is 4.69. The van der Waals surface area contributed by atoms with Crippen molar-refractivity contribution in [2.45, 2.75) is 38.2 Å². The third-order valence-corrected chi connectivity index (χ3v) is 3.66. The second-order valence-corrected chi connectivity index (χ2v) is 5.54. The summed E-state index contributed by atoms with van der Waals surface area (Å²) in [7, 11) is 0. The summed E-state index contributed by atoms with van der Waals surface area (Å²) in [5, 5.41) is 0.922. The van der Waals surface area contributed by atoms with E-state index in [2.05, 4.69) is 0 Å². The molecule has 108 valence electrons. The minimum absolute atomic E-state index is 0.0417. The van der Waals surface area contributed by atoms with E-state index < -0.39 is 0 Å². The van der Waals surface area contributed by atoms with E-state index in [9.17, 15) is 4.79 Å². The Kier molecular flexibility index (Phi) is 5.74. The lowest BCUT2D eigenvalue weighted by atomic mass is 9.98. The number of halogens is 2. The topological polar surface area (TPSA) is 35.5 Å². The van der Waals surface area contributed by atoms with Gasteiger partial charge >= 0.3 is 5.97 Å². The largest absolute Gasteiger partial charge is 0.463 e. The smallest absolute Gasteiger partial charge is 0.334 e. The molecule has 0 heterocycles. The fraction of sp³-hybridized carbons (Fsp3) is 0.400. The summed E-state index contributed by atoms with van der Waals surface area (Å²) in [6.45, 7) is 0. The van der Waals surface area contributed by atoms with E-state index in [4.69, 9.17) is 32.7 Å². The quantitative estimate of drug-likeness (QED) is 0.456. The molecule has 0 saturated heterocycles. The molecular formula is C15H16Cl2O3. The van der Waals surface area contributed by atoms with Crippen LogP contribution in [0.5, 0.6) is 5.75 Å². The average molecular weight is 315 g/mol. The highest BCUT2D eigenvalue weighted by molar-refractivity contribution is 6.35. The van der Waals surface area contributed by atoms with Gasteiger partial charge in [-0.25, -0.2) is 4.79 Å². The first-order valence-electron chi connectivity index (χ1n) is 6.64. The molecule has 0 atom stereocenters. The zero-order chi connectivity index (χ0) is 14.4.